The van der Waals surface area contributed by atoms with E-state index >= 15 is 0 Å². The van der Waals surface area contributed by atoms with Gasteiger partial charge in [-0.3, -0.25) is 9.10 Å². The fraction of sp³-hybridized carbons (Fsp3) is 0.188. The molecule has 7 heteroatoms. The van der Waals surface area contributed by atoms with Crippen LogP contribution in [0.3, 0.4) is 0 Å². The number of hydrogen-bond donors (Lipinski definition) is 0. The molecule has 3 rings (SSSR count). The summed E-state index contributed by atoms with van der Waals surface area (Å²) >= 11 is 5.82. The first-order chi connectivity index (χ1) is 10.9. The van der Waals surface area contributed by atoms with Crippen LogP contribution in [0, 0.1) is 0 Å². The summed E-state index contributed by atoms with van der Waals surface area (Å²) in [6, 6.07) is 10.9. The van der Waals surface area contributed by atoms with Gasteiger partial charge in [-0.1, -0.05) is 17.7 Å². The lowest BCUT2D eigenvalue weighted by Gasteiger charge is -2.31. The third-order valence-corrected chi connectivity index (χ3v) is 5.78. The highest BCUT2D eigenvalue weighted by atomic mass is 35.5. The molecule has 0 saturated carbocycles. The average molecular weight is 352 g/mol. The zero-order valence-electron chi connectivity index (χ0n) is 12.3. The first-order valence-corrected chi connectivity index (χ1v) is 8.75. The van der Waals surface area contributed by atoms with Crippen molar-refractivity contribution < 1.29 is 17.9 Å². The highest BCUT2D eigenvalue weighted by Gasteiger charge is 2.34. The van der Waals surface area contributed by atoms with Crippen molar-refractivity contribution in [1.82, 2.24) is 0 Å². The quantitative estimate of drug-likeness (QED) is 0.852. The van der Waals surface area contributed by atoms with E-state index in [2.05, 4.69) is 0 Å². The topological polar surface area (TPSA) is 63.7 Å². The Morgan fingerprint density at radius 1 is 1.13 bits per heavy atom. The van der Waals surface area contributed by atoms with Crippen LogP contribution in [0.5, 0.6) is 5.75 Å². The van der Waals surface area contributed by atoms with Gasteiger partial charge in [-0.05, 0) is 36.4 Å². The van der Waals surface area contributed by atoms with Crippen molar-refractivity contribution in [2.24, 2.45) is 0 Å². The number of sulfonamides is 1. The minimum Gasteiger partial charge on any atom is -0.495 e. The smallest absolute Gasteiger partial charge is 0.264 e. The molecule has 0 aromatic heterocycles. The molecular weight excluding hydrogens is 338 g/mol. The van der Waals surface area contributed by atoms with Gasteiger partial charge in [0.1, 0.15) is 11.4 Å². The molecule has 0 bridgehead atoms. The van der Waals surface area contributed by atoms with E-state index in [0.717, 1.165) is 0 Å². The van der Waals surface area contributed by atoms with Gasteiger partial charge >= 0.3 is 0 Å². The Morgan fingerprint density at radius 2 is 1.83 bits per heavy atom. The van der Waals surface area contributed by atoms with E-state index in [1.807, 2.05) is 0 Å². The number of Topliss-reactive ketones (excluding diaryl/α,β-unsaturated/α-hetero) is 1. The second-order valence-corrected chi connectivity index (χ2v) is 7.36. The molecule has 0 saturated heterocycles. The molecule has 0 aliphatic carbocycles. The van der Waals surface area contributed by atoms with Gasteiger partial charge in [0.05, 0.1) is 12.0 Å². The van der Waals surface area contributed by atoms with Crippen LogP contribution in [-0.2, 0) is 10.0 Å². The molecule has 0 atom stereocenters. The predicted octanol–water partition coefficient (Wildman–Crippen LogP) is 3.13. The van der Waals surface area contributed by atoms with Gasteiger partial charge in [0, 0.05) is 23.6 Å². The van der Waals surface area contributed by atoms with Gasteiger partial charge < -0.3 is 4.74 Å². The van der Waals surface area contributed by atoms with Crippen LogP contribution in [0.1, 0.15) is 16.8 Å². The number of carbonyl (C=O) groups excluding carboxylic acids is 1. The molecule has 1 heterocycles. The van der Waals surface area contributed by atoms with Gasteiger partial charge in [-0.25, -0.2) is 8.42 Å². The van der Waals surface area contributed by atoms with E-state index in [1.54, 1.807) is 18.2 Å². The van der Waals surface area contributed by atoms with Gasteiger partial charge in [-0.2, -0.15) is 0 Å². The zero-order chi connectivity index (χ0) is 16.6. The van der Waals surface area contributed by atoms with E-state index in [1.165, 1.54) is 35.7 Å². The molecular formula is C16H14ClNO4S. The minimum atomic E-state index is -3.81. The molecule has 0 fully saturated rings. The molecule has 0 spiro atoms. The molecule has 120 valence electrons. The number of rotatable bonds is 3. The van der Waals surface area contributed by atoms with Gasteiger partial charge in [-0.15, -0.1) is 0 Å². The summed E-state index contributed by atoms with van der Waals surface area (Å²) in [5.41, 5.74) is 0.648. The van der Waals surface area contributed by atoms with Crippen molar-refractivity contribution in [2.75, 3.05) is 18.0 Å². The molecule has 0 radical (unpaired) electrons. The Kier molecular flexibility index (Phi) is 4.04. The molecule has 23 heavy (non-hydrogen) atoms. The summed E-state index contributed by atoms with van der Waals surface area (Å²) in [4.78, 5) is 12.2. The number of benzene rings is 2. The summed E-state index contributed by atoms with van der Waals surface area (Å²) in [5.74, 6) is 0.259. The maximum Gasteiger partial charge on any atom is 0.264 e. The number of ether oxygens (including phenoxy) is 1. The van der Waals surface area contributed by atoms with E-state index in [0.29, 0.717) is 22.0 Å². The Hall–Kier alpha value is -2.05. The van der Waals surface area contributed by atoms with E-state index < -0.39 is 10.0 Å². The van der Waals surface area contributed by atoms with Gasteiger partial charge in [0.25, 0.3) is 10.0 Å². The zero-order valence-corrected chi connectivity index (χ0v) is 13.9. The Balaban J connectivity index is 2.17. The van der Waals surface area contributed by atoms with Crippen LogP contribution in [0.25, 0.3) is 0 Å². The standard InChI is InChI=1S/C16H14ClNO4S/c1-22-15-4-2-3-13-14(19)9-10-18(16(13)15)23(20,21)12-7-5-11(17)6-8-12/h2-8H,9-10H2,1H3. The predicted molar refractivity (Wildman–Crippen MR) is 87.9 cm³/mol. The second-order valence-electron chi connectivity index (χ2n) is 5.06. The van der Waals surface area contributed by atoms with Crippen molar-refractivity contribution in [1.29, 1.82) is 0 Å². The lowest BCUT2D eigenvalue weighted by atomic mass is 10.0. The van der Waals surface area contributed by atoms with Gasteiger partial charge in [0.15, 0.2) is 5.78 Å². The fourth-order valence-electron chi connectivity index (χ4n) is 2.59. The monoisotopic (exact) mass is 351 g/mol. The summed E-state index contributed by atoms with van der Waals surface area (Å²) in [7, 11) is -2.36. The fourth-order valence-corrected chi connectivity index (χ4v) is 4.21. The first-order valence-electron chi connectivity index (χ1n) is 6.93. The molecule has 1 aliphatic rings. The van der Waals surface area contributed by atoms with Crippen molar-refractivity contribution in [2.45, 2.75) is 11.3 Å². The van der Waals surface area contributed by atoms with E-state index in [9.17, 15) is 13.2 Å². The Bertz CT molecular complexity index is 862. The van der Waals surface area contributed by atoms with Crippen molar-refractivity contribution in [3.05, 3.63) is 53.1 Å². The number of hydrogen-bond acceptors (Lipinski definition) is 4. The largest absolute Gasteiger partial charge is 0.495 e. The molecule has 0 amide bonds. The van der Waals surface area contributed by atoms with Crippen molar-refractivity contribution in [3.8, 4) is 5.75 Å². The average Bonchev–Trinajstić information content (AvgIpc) is 2.55. The van der Waals surface area contributed by atoms with Crippen LogP contribution in [0.2, 0.25) is 5.02 Å². The molecule has 2 aromatic rings. The number of halogens is 1. The number of nitrogens with zero attached hydrogens (tertiary/aromatic N) is 1. The van der Waals surface area contributed by atoms with Gasteiger partial charge in [0.2, 0.25) is 0 Å². The summed E-state index contributed by atoms with van der Waals surface area (Å²) < 4.78 is 32.4. The van der Waals surface area contributed by atoms with Crippen LogP contribution in [-0.4, -0.2) is 27.9 Å². The molecule has 1 aliphatic heterocycles. The molecule has 0 unspecified atom stereocenters. The lowest BCUT2D eigenvalue weighted by Crippen LogP contribution is -2.37. The molecule has 5 nitrogen and oxygen atoms in total. The second kappa shape index (κ2) is 5.86. The van der Waals surface area contributed by atoms with Crippen molar-refractivity contribution >= 4 is 33.1 Å². The van der Waals surface area contributed by atoms with Crippen LogP contribution >= 0.6 is 11.6 Å². The van der Waals surface area contributed by atoms with Crippen LogP contribution in [0.15, 0.2) is 47.4 Å². The van der Waals surface area contributed by atoms with Crippen LogP contribution < -0.4 is 9.04 Å². The summed E-state index contributed by atoms with van der Waals surface area (Å²) in [5, 5.41) is 0.454. The normalized spacial score (nSPS) is 14.5. The van der Waals surface area contributed by atoms with Crippen LogP contribution in [0.4, 0.5) is 5.69 Å². The minimum absolute atomic E-state index is 0.0805. The molecule has 2 aromatic carbocycles. The number of carbonyl (C=O) groups is 1. The SMILES string of the molecule is COc1cccc2c1N(S(=O)(=O)c1ccc(Cl)cc1)CCC2=O. The number of fused-ring (bicyclic) bond motifs is 1. The molecule has 0 N–H and O–H groups in total. The lowest BCUT2D eigenvalue weighted by molar-refractivity contribution is 0.0981. The highest BCUT2D eigenvalue weighted by Crippen LogP contribution is 2.39. The highest BCUT2D eigenvalue weighted by molar-refractivity contribution is 7.92. The number of para-hydroxylation sites is 1. The number of ketones is 1. The maximum atomic E-state index is 13.0. The first kappa shape index (κ1) is 15.8. The number of anilines is 1. The van der Waals surface area contributed by atoms with E-state index in [4.69, 9.17) is 16.3 Å². The summed E-state index contributed by atoms with van der Waals surface area (Å²) in [6.07, 6.45) is 0.132. The Labute approximate surface area is 139 Å². The maximum absolute atomic E-state index is 13.0. The number of methoxy groups -OCH3 is 1. The third-order valence-electron chi connectivity index (χ3n) is 3.71. The van der Waals surface area contributed by atoms with E-state index in [-0.39, 0.29) is 23.6 Å². The third kappa shape index (κ3) is 2.68. The van der Waals surface area contributed by atoms with Crippen molar-refractivity contribution in [3.63, 3.8) is 0 Å². The summed E-state index contributed by atoms with van der Waals surface area (Å²) in [6.45, 7) is 0.0805. The Morgan fingerprint density at radius 3 is 2.48 bits per heavy atom.